The van der Waals surface area contributed by atoms with Crippen LogP contribution in [-0.4, -0.2) is 96.7 Å². The monoisotopic (exact) mass is 1490 g/mol. The molecule has 0 aliphatic heterocycles. The maximum absolute atomic E-state index is 13.1. The number of aliphatic hydroxyl groups is 1. The molecular formula is C83H162O17P2. The Morgan fingerprint density at radius 2 is 0.392 bits per heavy atom. The number of carbonyl (C=O) groups excluding carboxylic acids is 4. The molecule has 0 saturated carbocycles. The fourth-order valence-corrected chi connectivity index (χ4v) is 14.6. The number of ether oxygens (including phenoxy) is 4. The minimum absolute atomic E-state index is 0.108. The number of rotatable bonds is 84. The zero-order chi connectivity index (χ0) is 74.6. The average molecular weight is 1490 g/mol. The first-order valence-electron chi connectivity index (χ1n) is 43.3. The Kier molecular flexibility index (Phi) is 75.8. The summed E-state index contributed by atoms with van der Waals surface area (Å²) in [6.07, 6.45) is 71.1. The lowest BCUT2D eigenvalue weighted by molar-refractivity contribution is -0.161. The van der Waals surface area contributed by atoms with Crippen molar-refractivity contribution in [2.45, 2.75) is 470 Å². The molecule has 0 fully saturated rings. The van der Waals surface area contributed by atoms with Crippen LogP contribution in [0.25, 0.3) is 0 Å². The molecule has 0 rings (SSSR count). The van der Waals surface area contributed by atoms with Crippen LogP contribution in [0.4, 0.5) is 0 Å². The fraction of sp³-hybridized carbons (Fsp3) is 0.952. The summed E-state index contributed by atoms with van der Waals surface area (Å²) < 4.78 is 68.6. The molecular weight excluding hydrogens is 1330 g/mol. The van der Waals surface area contributed by atoms with Gasteiger partial charge in [-0.15, -0.1) is 0 Å². The van der Waals surface area contributed by atoms with Crippen molar-refractivity contribution in [1.29, 1.82) is 0 Å². The number of hydrogen-bond donors (Lipinski definition) is 3. The average Bonchev–Trinajstić information content (AvgIpc) is 1.18. The van der Waals surface area contributed by atoms with Crippen LogP contribution in [0.5, 0.6) is 0 Å². The third kappa shape index (κ3) is 76.3. The van der Waals surface area contributed by atoms with Crippen molar-refractivity contribution in [3.63, 3.8) is 0 Å². The summed E-state index contributed by atoms with van der Waals surface area (Å²) in [4.78, 5) is 72.9. The van der Waals surface area contributed by atoms with E-state index in [4.69, 9.17) is 37.0 Å². The highest BCUT2D eigenvalue weighted by molar-refractivity contribution is 7.47. The maximum atomic E-state index is 13.1. The van der Waals surface area contributed by atoms with Crippen LogP contribution in [0.15, 0.2) is 0 Å². The summed E-state index contributed by atoms with van der Waals surface area (Å²) >= 11 is 0. The van der Waals surface area contributed by atoms with Gasteiger partial charge in [-0.3, -0.25) is 37.3 Å². The molecule has 0 aromatic rings. The third-order valence-corrected chi connectivity index (χ3v) is 21.5. The second-order valence-electron chi connectivity index (χ2n) is 29.9. The van der Waals surface area contributed by atoms with Gasteiger partial charge in [-0.25, -0.2) is 9.13 Å². The van der Waals surface area contributed by atoms with Gasteiger partial charge in [0.2, 0.25) is 0 Å². The van der Waals surface area contributed by atoms with Crippen LogP contribution < -0.4 is 0 Å². The van der Waals surface area contributed by atoms with E-state index in [-0.39, 0.29) is 25.7 Å². The van der Waals surface area contributed by atoms with E-state index in [9.17, 15) is 43.2 Å². The van der Waals surface area contributed by atoms with Gasteiger partial charge in [0.05, 0.1) is 26.4 Å². The highest BCUT2D eigenvalue weighted by Crippen LogP contribution is 2.45. The van der Waals surface area contributed by atoms with E-state index in [1.165, 1.54) is 270 Å². The molecule has 0 bridgehead atoms. The molecule has 3 N–H and O–H groups in total. The summed E-state index contributed by atoms with van der Waals surface area (Å²) in [6.45, 7) is 4.99. The lowest BCUT2D eigenvalue weighted by Gasteiger charge is -2.21. The Bertz CT molecular complexity index is 1930. The standard InChI is InChI=1S/C83H162O17P2/c1-5-9-13-17-21-24-27-30-33-35-37-38-39-41-43-45-48-51-54-58-62-66-70-83(88)100-79(74-94-81(86)68-64-60-56-52-49-47-44-42-40-36-34-31-28-25-22-18-14-10-6-2)76-98-102(91,92)96-72-77(84)71-95-101(89,90)97-75-78(73-93-80(85)67-63-59-55-20-16-12-8-4)99-82(87)69-65-61-57-53-50-46-32-29-26-23-19-15-11-7-3/h77-79,84H,5-76H2,1-4H3,(H,89,90)(H,91,92)/t77-,78+,79+/m0/s1. The van der Waals surface area contributed by atoms with E-state index >= 15 is 0 Å². The van der Waals surface area contributed by atoms with E-state index in [0.29, 0.717) is 25.7 Å². The molecule has 0 heterocycles. The number of phosphoric acid groups is 2. The predicted molar refractivity (Wildman–Crippen MR) is 419 cm³/mol. The van der Waals surface area contributed by atoms with E-state index in [2.05, 4.69) is 27.7 Å². The first kappa shape index (κ1) is 100. The van der Waals surface area contributed by atoms with E-state index in [1.54, 1.807) is 0 Å². The highest BCUT2D eigenvalue weighted by atomic mass is 31.2. The molecule has 0 aromatic carbocycles. The van der Waals surface area contributed by atoms with Gasteiger partial charge in [0, 0.05) is 25.7 Å². The zero-order valence-corrected chi connectivity index (χ0v) is 68.4. The highest BCUT2D eigenvalue weighted by Gasteiger charge is 2.30. The van der Waals surface area contributed by atoms with E-state index in [1.807, 2.05) is 0 Å². The molecule has 102 heavy (non-hydrogen) atoms. The van der Waals surface area contributed by atoms with Crippen molar-refractivity contribution in [3.8, 4) is 0 Å². The molecule has 0 radical (unpaired) electrons. The topological polar surface area (TPSA) is 237 Å². The largest absolute Gasteiger partial charge is 0.472 e. The lowest BCUT2D eigenvalue weighted by atomic mass is 10.0. The van der Waals surface area contributed by atoms with E-state index in [0.717, 1.165) is 103 Å². The lowest BCUT2D eigenvalue weighted by Crippen LogP contribution is -2.30. The molecule has 606 valence electrons. The Hall–Kier alpha value is -1.94. The van der Waals surface area contributed by atoms with Gasteiger partial charge < -0.3 is 33.8 Å². The maximum Gasteiger partial charge on any atom is 0.472 e. The number of aliphatic hydroxyl groups excluding tert-OH is 1. The van der Waals surface area contributed by atoms with Crippen molar-refractivity contribution in [1.82, 2.24) is 0 Å². The Labute approximate surface area is 626 Å². The Balaban J connectivity index is 5.15. The van der Waals surface area contributed by atoms with Crippen molar-refractivity contribution in [2.24, 2.45) is 0 Å². The van der Waals surface area contributed by atoms with Crippen LogP contribution in [0, 0.1) is 0 Å². The van der Waals surface area contributed by atoms with Crippen LogP contribution in [0.3, 0.4) is 0 Å². The van der Waals surface area contributed by atoms with Crippen molar-refractivity contribution < 1.29 is 80.2 Å². The smallest absolute Gasteiger partial charge is 0.462 e. The predicted octanol–water partition coefficient (Wildman–Crippen LogP) is 25.4. The molecule has 19 heteroatoms. The fourth-order valence-electron chi connectivity index (χ4n) is 13.0. The number of esters is 4. The minimum Gasteiger partial charge on any atom is -0.462 e. The summed E-state index contributed by atoms with van der Waals surface area (Å²) in [7, 11) is -9.91. The number of carbonyl (C=O) groups is 4. The summed E-state index contributed by atoms with van der Waals surface area (Å²) in [6, 6.07) is 0. The van der Waals surface area contributed by atoms with E-state index < -0.39 is 97.5 Å². The molecule has 17 nitrogen and oxygen atoms in total. The SMILES string of the molecule is CCCCCCCCCCCCCCCCCCCCCCCCC(=O)O[C@H](COC(=O)CCCCCCCCCCCCCCCCCCCCC)COP(=O)(O)OC[C@@H](O)COP(=O)(O)OC[C@@H](COC(=O)CCCCCCCCC)OC(=O)CCCCCCCCCCCCCCCC. The number of phosphoric ester groups is 2. The minimum atomic E-state index is -4.96. The van der Waals surface area contributed by atoms with Crippen LogP contribution in [0.1, 0.15) is 451 Å². The summed E-state index contributed by atoms with van der Waals surface area (Å²) in [5, 5.41) is 10.6. The van der Waals surface area contributed by atoms with Gasteiger partial charge >= 0.3 is 39.5 Å². The molecule has 0 amide bonds. The van der Waals surface area contributed by atoms with Gasteiger partial charge in [-0.05, 0) is 25.7 Å². The summed E-state index contributed by atoms with van der Waals surface area (Å²) in [5.41, 5.74) is 0. The number of unbranched alkanes of at least 4 members (excludes halogenated alkanes) is 58. The number of hydrogen-bond acceptors (Lipinski definition) is 15. The van der Waals surface area contributed by atoms with Crippen molar-refractivity contribution >= 4 is 39.5 Å². The van der Waals surface area contributed by atoms with Gasteiger partial charge in [-0.1, -0.05) is 400 Å². The van der Waals surface area contributed by atoms with Gasteiger partial charge in [0.15, 0.2) is 12.2 Å². The first-order chi connectivity index (χ1) is 49.7. The molecule has 0 aliphatic rings. The molecule has 0 aliphatic carbocycles. The van der Waals surface area contributed by atoms with Gasteiger partial charge in [0.1, 0.15) is 19.3 Å². The van der Waals surface area contributed by atoms with Crippen molar-refractivity contribution in [2.75, 3.05) is 39.6 Å². The first-order valence-corrected chi connectivity index (χ1v) is 46.3. The van der Waals surface area contributed by atoms with Crippen LogP contribution >= 0.6 is 15.6 Å². The van der Waals surface area contributed by atoms with Gasteiger partial charge in [0.25, 0.3) is 0 Å². The van der Waals surface area contributed by atoms with Gasteiger partial charge in [-0.2, -0.15) is 0 Å². The molecule has 2 unspecified atom stereocenters. The second-order valence-corrected chi connectivity index (χ2v) is 32.8. The quantitative estimate of drug-likeness (QED) is 0.0222. The van der Waals surface area contributed by atoms with Crippen molar-refractivity contribution in [3.05, 3.63) is 0 Å². The molecule has 0 spiro atoms. The Morgan fingerprint density at radius 1 is 0.235 bits per heavy atom. The third-order valence-electron chi connectivity index (χ3n) is 19.6. The molecule has 0 saturated heterocycles. The molecule has 0 aromatic heterocycles. The second kappa shape index (κ2) is 77.2. The van der Waals surface area contributed by atoms with Crippen LogP contribution in [0.2, 0.25) is 0 Å². The zero-order valence-electron chi connectivity index (χ0n) is 66.6. The Morgan fingerprint density at radius 3 is 0.578 bits per heavy atom. The summed E-state index contributed by atoms with van der Waals surface area (Å²) in [5.74, 6) is -2.11. The van der Waals surface area contributed by atoms with Crippen LogP contribution in [-0.2, 0) is 65.4 Å². The normalized spacial score (nSPS) is 13.8. The molecule has 5 atom stereocenters.